The molecule has 0 bridgehead atoms. The number of benzene rings is 1. The molecule has 1 heterocycles. The molecule has 5 heteroatoms. The van der Waals surface area contributed by atoms with E-state index in [4.69, 9.17) is 11.6 Å². The van der Waals surface area contributed by atoms with Crippen molar-refractivity contribution in [2.75, 3.05) is 5.32 Å². The molecule has 0 amide bonds. The van der Waals surface area contributed by atoms with Crippen LogP contribution in [-0.4, -0.2) is 22.1 Å². The molecule has 4 nitrogen and oxygen atoms in total. The van der Waals surface area contributed by atoms with E-state index in [0.29, 0.717) is 16.4 Å². The Morgan fingerprint density at radius 3 is 2.53 bits per heavy atom. The largest absolute Gasteiger partial charge is 0.367 e. The molecule has 19 heavy (non-hydrogen) atoms. The normalized spacial score (nSPS) is 11.9. The van der Waals surface area contributed by atoms with E-state index in [1.165, 1.54) is 0 Å². The van der Waals surface area contributed by atoms with Crippen LogP contribution in [0.3, 0.4) is 0 Å². The van der Waals surface area contributed by atoms with E-state index < -0.39 is 12.0 Å². The van der Waals surface area contributed by atoms with Crippen LogP contribution in [0.2, 0.25) is 5.02 Å². The number of anilines is 1. The molecular weight excluding hydrogens is 264 g/mol. The molecule has 0 aliphatic carbocycles. The van der Waals surface area contributed by atoms with Gasteiger partial charge in [-0.15, -0.1) is 0 Å². The third-order valence-electron chi connectivity index (χ3n) is 2.57. The smallest absolute Gasteiger partial charge is 0.211 e. The maximum Gasteiger partial charge on any atom is 0.211 e. The number of aliphatic hydroxyl groups is 1. The van der Waals surface area contributed by atoms with Crippen molar-refractivity contribution in [2.45, 2.75) is 13.2 Å². The molecule has 2 N–H and O–H groups in total. The van der Waals surface area contributed by atoms with Gasteiger partial charge in [0.15, 0.2) is 6.23 Å². The molecule has 0 spiro atoms. The molecule has 1 unspecified atom stereocenters. The summed E-state index contributed by atoms with van der Waals surface area (Å²) < 4.78 is 0. The van der Waals surface area contributed by atoms with Crippen molar-refractivity contribution in [1.82, 2.24) is 4.98 Å². The predicted molar refractivity (Wildman–Crippen MR) is 74.4 cm³/mol. The summed E-state index contributed by atoms with van der Waals surface area (Å²) in [5.41, 5.74) is 1.39. The second-order valence-electron chi connectivity index (χ2n) is 4.14. The number of carbonyl (C=O) groups is 1. The van der Waals surface area contributed by atoms with Gasteiger partial charge in [-0.1, -0.05) is 17.7 Å². The molecule has 98 valence electrons. The van der Waals surface area contributed by atoms with Gasteiger partial charge in [-0.05, 0) is 42.8 Å². The van der Waals surface area contributed by atoms with E-state index >= 15 is 0 Å². The fourth-order valence-corrected chi connectivity index (χ4v) is 1.66. The van der Waals surface area contributed by atoms with Crippen LogP contribution in [0.15, 0.2) is 42.6 Å². The number of hydrogen-bond acceptors (Lipinski definition) is 4. The minimum atomic E-state index is -1.34. The highest BCUT2D eigenvalue weighted by atomic mass is 35.5. The molecule has 1 atom stereocenters. The first kappa shape index (κ1) is 13.5. The number of aliphatic hydroxyl groups excluding tert-OH is 1. The number of rotatable bonds is 4. The van der Waals surface area contributed by atoms with Gasteiger partial charge in [0, 0.05) is 16.8 Å². The van der Waals surface area contributed by atoms with E-state index in [9.17, 15) is 9.90 Å². The summed E-state index contributed by atoms with van der Waals surface area (Å²) in [6.45, 7) is 1.91. The van der Waals surface area contributed by atoms with E-state index in [2.05, 4.69) is 10.3 Å². The number of Topliss-reactive ketones (excluding diaryl/α,β-unsaturated/α-hetero) is 1. The van der Waals surface area contributed by atoms with Crippen molar-refractivity contribution in [2.24, 2.45) is 0 Å². The molecule has 0 saturated carbocycles. The van der Waals surface area contributed by atoms with Gasteiger partial charge < -0.3 is 10.4 Å². The Labute approximate surface area is 116 Å². The Morgan fingerprint density at radius 2 is 1.95 bits per heavy atom. The Kier molecular flexibility index (Phi) is 4.14. The van der Waals surface area contributed by atoms with Crippen LogP contribution in [0, 0.1) is 6.92 Å². The van der Waals surface area contributed by atoms with Crippen LogP contribution in [0.5, 0.6) is 0 Å². The third-order valence-corrected chi connectivity index (χ3v) is 2.83. The van der Waals surface area contributed by atoms with E-state index in [0.717, 1.165) is 5.56 Å². The zero-order valence-electron chi connectivity index (χ0n) is 10.3. The summed E-state index contributed by atoms with van der Waals surface area (Å²) in [6.07, 6.45) is 0.318. The van der Waals surface area contributed by atoms with Crippen molar-refractivity contribution < 1.29 is 9.90 Å². The van der Waals surface area contributed by atoms with Crippen LogP contribution >= 0.6 is 11.6 Å². The van der Waals surface area contributed by atoms with Crippen molar-refractivity contribution in [3.8, 4) is 0 Å². The second-order valence-corrected chi connectivity index (χ2v) is 4.58. The van der Waals surface area contributed by atoms with Crippen LogP contribution in [0.1, 0.15) is 15.9 Å². The summed E-state index contributed by atoms with van der Waals surface area (Å²) in [6, 6.07) is 9.88. The predicted octanol–water partition coefficient (Wildman–Crippen LogP) is 2.66. The van der Waals surface area contributed by atoms with E-state index in [1.807, 2.05) is 13.0 Å². The summed E-state index contributed by atoms with van der Waals surface area (Å²) in [5, 5.41) is 13.0. The number of nitrogens with zero attached hydrogens (tertiary/aromatic N) is 1. The number of ketones is 1. The maximum atomic E-state index is 11.9. The topological polar surface area (TPSA) is 62.2 Å². The van der Waals surface area contributed by atoms with E-state index in [1.54, 1.807) is 36.5 Å². The average molecular weight is 277 g/mol. The lowest BCUT2D eigenvalue weighted by atomic mass is 10.1. The minimum Gasteiger partial charge on any atom is -0.367 e. The standard InChI is InChI=1S/C14H13ClN2O2/c1-9-2-7-12(16-8-9)17-14(19)13(18)10-3-5-11(15)6-4-10/h2-8,14,19H,1H3,(H,16,17). The lowest BCUT2D eigenvalue weighted by molar-refractivity contribution is 0.0793. The molecule has 0 aliphatic heterocycles. The van der Waals surface area contributed by atoms with Gasteiger partial charge in [0.1, 0.15) is 5.82 Å². The number of aromatic nitrogens is 1. The monoisotopic (exact) mass is 276 g/mol. The zero-order chi connectivity index (χ0) is 13.8. The molecule has 1 aromatic carbocycles. The van der Waals surface area contributed by atoms with Crippen molar-refractivity contribution in [3.63, 3.8) is 0 Å². The third kappa shape index (κ3) is 3.53. The van der Waals surface area contributed by atoms with Gasteiger partial charge in [0.25, 0.3) is 0 Å². The SMILES string of the molecule is Cc1ccc(NC(O)C(=O)c2ccc(Cl)cc2)nc1. The molecule has 1 aromatic heterocycles. The van der Waals surface area contributed by atoms with Gasteiger partial charge in [0.2, 0.25) is 5.78 Å². The molecule has 2 rings (SSSR count). The zero-order valence-corrected chi connectivity index (χ0v) is 11.1. The fourth-order valence-electron chi connectivity index (χ4n) is 1.53. The van der Waals surface area contributed by atoms with Crippen LogP contribution < -0.4 is 5.32 Å². The van der Waals surface area contributed by atoms with E-state index in [-0.39, 0.29) is 0 Å². The highest BCUT2D eigenvalue weighted by molar-refractivity contribution is 6.30. The molecule has 0 saturated heterocycles. The Hall–Kier alpha value is -1.91. The van der Waals surface area contributed by atoms with Gasteiger partial charge in [0.05, 0.1) is 0 Å². The summed E-state index contributed by atoms with van der Waals surface area (Å²) in [7, 11) is 0. The molecule has 0 radical (unpaired) electrons. The number of hydrogen-bond donors (Lipinski definition) is 2. The average Bonchev–Trinajstić information content (AvgIpc) is 2.41. The van der Waals surface area contributed by atoms with Crippen molar-refractivity contribution >= 4 is 23.2 Å². The van der Waals surface area contributed by atoms with Gasteiger partial charge in [-0.25, -0.2) is 4.98 Å². The molecule has 0 fully saturated rings. The van der Waals surface area contributed by atoms with Crippen molar-refractivity contribution in [1.29, 1.82) is 0 Å². The van der Waals surface area contributed by atoms with Crippen LogP contribution in [0.4, 0.5) is 5.82 Å². The second kappa shape index (κ2) is 5.82. The first-order valence-electron chi connectivity index (χ1n) is 5.73. The van der Waals surface area contributed by atoms with Gasteiger partial charge in [-0.2, -0.15) is 0 Å². The Morgan fingerprint density at radius 1 is 1.26 bits per heavy atom. The van der Waals surface area contributed by atoms with Crippen molar-refractivity contribution in [3.05, 3.63) is 58.7 Å². The first-order valence-corrected chi connectivity index (χ1v) is 6.11. The fraction of sp³-hybridized carbons (Fsp3) is 0.143. The first-order chi connectivity index (χ1) is 9.06. The summed E-state index contributed by atoms with van der Waals surface area (Å²) >= 11 is 5.74. The van der Waals surface area contributed by atoms with Crippen LogP contribution in [-0.2, 0) is 0 Å². The number of aryl methyl sites for hydroxylation is 1. The number of halogens is 1. The Bertz CT molecular complexity index is 567. The van der Waals surface area contributed by atoms with Crippen LogP contribution in [0.25, 0.3) is 0 Å². The highest BCUT2D eigenvalue weighted by Gasteiger charge is 2.17. The van der Waals surface area contributed by atoms with Gasteiger partial charge >= 0.3 is 0 Å². The Balaban J connectivity index is 2.07. The quantitative estimate of drug-likeness (QED) is 0.666. The molecule has 0 aliphatic rings. The number of pyridine rings is 1. The number of carbonyl (C=O) groups excluding carboxylic acids is 1. The highest BCUT2D eigenvalue weighted by Crippen LogP contribution is 2.12. The lowest BCUT2D eigenvalue weighted by Gasteiger charge is -2.12. The minimum absolute atomic E-state index is 0.386. The lowest BCUT2D eigenvalue weighted by Crippen LogP contribution is -2.29. The molecule has 2 aromatic rings. The summed E-state index contributed by atoms with van der Waals surface area (Å²) in [5.74, 6) is 0.0134. The number of nitrogens with one attached hydrogen (secondary N) is 1. The summed E-state index contributed by atoms with van der Waals surface area (Å²) in [4.78, 5) is 16.0. The van der Waals surface area contributed by atoms with Gasteiger partial charge in [-0.3, -0.25) is 4.79 Å². The maximum absolute atomic E-state index is 11.9. The molecular formula is C14H13ClN2O2.